The summed E-state index contributed by atoms with van der Waals surface area (Å²) >= 11 is 0. The van der Waals surface area contributed by atoms with Crippen molar-refractivity contribution >= 4 is 16.1 Å². The van der Waals surface area contributed by atoms with Crippen LogP contribution in [0, 0.1) is 0 Å². The van der Waals surface area contributed by atoms with Crippen LogP contribution < -0.4 is 0 Å². The largest absolute Gasteiger partial charge is 0.479 e. The van der Waals surface area contributed by atoms with Crippen LogP contribution in [0.15, 0.2) is 60.7 Å². The number of carboxylic acids is 1. The zero-order valence-electron chi connectivity index (χ0n) is 11.8. The zero-order valence-corrected chi connectivity index (χ0v) is 12.6. The minimum Gasteiger partial charge on any atom is -0.479 e. The van der Waals surface area contributed by atoms with Crippen molar-refractivity contribution in [1.82, 2.24) is 0 Å². The Morgan fingerprint density at radius 2 is 1.45 bits per heavy atom. The van der Waals surface area contributed by atoms with Crippen molar-refractivity contribution in [2.75, 3.05) is 0 Å². The third-order valence-corrected chi connectivity index (χ3v) is 4.20. The van der Waals surface area contributed by atoms with Gasteiger partial charge >= 0.3 is 5.97 Å². The molecule has 1 atom stereocenters. The van der Waals surface area contributed by atoms with E-state index >= 15 is 0 Å². The van der Waals surface area contributed by atoms with Gasteiger partial charge in [-0.25, -0.2) is 4.79 Å². The lowest BCUT2D eigenvalue weighted by Crippen LogP contribution is -2.29. The SMILES string of the molecule is O=C(O)C(Cc1ccccc1)OS(=O)(=O)Cc1ccccc1. The van der Waals surface area contributed by atoms with E-state index in [1.807, 2.05) is 0 Å². The number of rotatable bonds is 7. The molecule has 0 aromatic heterocycles. The summed E-state index contributed by atoms with van der Waals surface area (Å²) in [5, 5.41) is 9.17. The summed E-state index contributed by atoms with van der Waals surface area (Å²) in [7, 11) is -3.98. The number of hydrogen-bond acceptors (Lipinski definition) is 4. The van der Waals surface area contributed by atoms with Gasteiger partial charge in [-0.2, -0.15) is 8.42 Å². The van der Waals surface area contributed by atoms with E-state index in [-0.39, 0.29) is 12.2 Å². The summed E-state index contributed by atoms with van der Waals surface area (Å²) in [6, 6.07) is 17.2. The van der Waals surface area contributed by atoms with Crippen LogP contribution >= 0.6 is 0 Å². The fourth-order valence-corrected chi connectivity index (χ4v) is 3.15. The molecule has 0 bridgehead atoms. The number of carbonyl (C=O) groups is 1. The lowest BCUT2D eigenvalue weighted by molar-refractivity contribution is -0.144. The molecule has 0 aliphatic rings. The molecule has 6 heteroatoms. The van der Waals surface area contributed by atoms with Crippen molar-refractivity contribution in [2.45, 2.75) is 18.3 Å². The standard InChI is InChI=1S/C16H16O5S/c17-16(18)15(11-13-7-3-1-4-8-13)21-22(19,20)12-14-9-5-2-6-10-14/h1-10,15H,11-12H2,(H,17,18). The average Bonchev–Trinajstić information content (AvgIpc) is 2.48. The highest BCUT2D eigenvalue weighted by molar-refractivity contribution is 7.85. The lowest BCUT2D eigenvalue weighted by atomic mass is 10.1. The van der Waals surface area contributed by atoms with Crippen LogP contribution in [0.3, 0.4) is 0 Å². The van der Waals surface area contributed by atoms with E-state index in [4.69, 9.17) is 4.18 Å². The molecule has 0 aliphatic carbocycles. The first kappa shape index (κ1) is 16.2. The molecule has 2 rings (SSSR count). The van der Waals surface area contributed by atoms with Crippen molar-refractivity contribution in [3.05, 3.63) is 71.8 Å². The van der Waals surface area contributed by atoms with E-state index in [9.17, 15) is 18.3 Å². The molecule has 0 heterocycles. The summed E-state index contributed by atoms with van der Waals surface area (Å²) in [5.41, 5.74) is 1.25. The van der Waals surface area contributed by atoms with E-state index in [0.717, 1.165) is 0 Å². The van der Waals surface area contributed by atoms with Crippen molar-refractivity contribution in [2.24, 2.45) is 0 Å². The van der Waals surface area contributed by atoms with Crippen LogP contribution in [0.25, 0.3) is 0 Å². The third kappa shape index (κ3) is 4.98. The van der Waals surface area contributed by atoms with E-state index < -0.39 is 22.2 Å². The van der Waals surface area contributed by atoms with Crippen molar-refractivity contribution in [3.8, 4) is 0 Å². The van der Waals surface area contributed by atoms with Gasteiger partial charge in [0.2, 0.25) is 0 Å². The highest BCUT2D eigenvalue weighted by atomic mass is 32.2. The Hall–Kier alpha value is -2.18. The molecule has 0 saturated carbocycles. The van der Waals surface area contributed by atoms with Gasteiger partial charge in [-0.15, -0.1) is 0 Å². The summed E-state index contributed by atoms with van der Waals surface area (Å²) in [5.74, 6) is -1.66. The Balaban J connectivity index is 2.08. The van der Waals surface area contributed by atoms with Crippen molar-refractivity contribution in [3.63, 3.8) is 0 Å². The van der Waals surface area contributed by atoms with Gasteiger partial charge in [0.05, 0.1) is 0 Å². The van der Waals surface area contributed by atoms with Crippen molar-refractivity contribution < 1.29 is 22.5 Å². The molecule has 116 valence electrons. The molecule has 5 nitrogen and oxygen atoms in total. The van der Waals surface area contributed by atoms with Gasteiger partial charge in [0.25, 0.3) is 10.1 Å². The molecule has 0 radical (unpaired) electrons. The molecule has 2 aromatic carbocycles. The van der Waals surface area contributed by atoms with E-state index in [1.54, 1.807) is 60.7 Å². The molecule has 0 spiro atoms. The Morgan fingerprint density at radius 1 is 0.955 bits per heavy atom. The van der Waals surface area contributed by atoms with Gasteiger partial charge in [-0.05, 0) is 11.1 Å². The highest BCUT2D eigenvalue weighted by Gasteiger charge is 2.26. The quantitative estimate of drug-likeness (QED) is 0.791. The smallest absolute Gasteiger partial charge is 0.334 e. The molecule has 0 fully saturated rings. The molecule has 22 heavy (non-hydrogen) atoms. The topological polar surface area (TPSA) is 80.7 Å². The number of benzene rings is 2. The maximum Gasteiger partial charge on any atom is 0.334 e. The fraction of sp³-hybridized carbons (Fsp3) is 0.188. The van der Waals surface area contributed by atoms with E-state index in [1.165, 1.54) is 0 Å². The van der Waals surface area contributed by atoms with Crippen LogP contribution in [-0.4, -0.2) is 25.6 Å². The van der Waals surface area contributed by atoms with Gasteiger partial charge in [0.15, 0.2) is 6.10 Å². The predicted octanol–water partition coefficient (Wildman–Crippen LogP) is 2.23. The maximum atomic E-state index is 12.0. The van der Waals surface area contributed by atoms with Crippen molar-refractivity contribution in [1.29, 1.82) is 0 Å². The summed E-state index contributed by atoms with van der Waals surface area (Å²) in [6.45, 7) is 0. The average molecular weight is 320 g/mol. The summed E-state index contributed by atoms with van der Waals surface area (Å²) in [4.78, 5) is 11.2. The van der Waals surface area contributed by atoms with Crippen LogP contribution in [0.5, 0.6) is 0 Å². The third-order valence-electron chi connectivity index (χ3n) is 2.99. The monoisotopic (exact) mass is 320 g/mol. The molecule has 2 aromatic rings. The summed E-state index contributed by atoms with van der Waals surface area (Å²) < 4.78 is 28.9. The van der Waals surface area contributed by atoms with Gasteiger partial charge in [-0.3, -0.25) is 4.18 Å². The number of hydrogen-bond donors (Lipinski definition) is 1. The highest BCUT2D eigenvalue weighted by Crippen LogP contribution is 2.13. The first-order valence-electron chi connectivity index (χ1n) is 6.68. The molecular formula is C16H16O5S. The molecule has 0 aliphatic heterocycles. The molecular weight excluding hydrogens is 304 g/mol. The van der Waals surface area contributed by atoms with Gasteiger partial charge in [0.1, 0.15) is 5.75 Å². The fourth-order valence-electron chi connectivity index (χ4n) is 1.98. The minimum absolute atomic E-state index is 0.00973. The molecule has 1 N–H and O–H groups in total. The normalized spacial score (nSPS) is 12.7. The van der Waals surface area contributed by atoms with Gasteiger partial charge < -0.3 is 5.11 Å². The predicted molar refractivity (Wildman–Crippen MR) is 81.7 cm³/mol. The second-order valence-electron chi connectivity index (χ2n) is 4.80. The van der Waals surface area contributed by atoms with E-state index in [0.29, 0.717) is 11.1 Å². The molecule has 1 unspecified atom stereocenters. The Kier molecular flexibility index (Phi) is 5.30. The summed E-state index contributed by atoms with van der Waals surface area (Å²) in [6.07, 6.45) is -1.44. The Bertz CT molecular complexity index is 711. The van der Waals surface area contributed by atoms with E-state index in [2.05, 4.69) is 0 Å². The lowest BCUT2D eigenvalue weighted by Gasteiger charge is -2.13. The minimum atomic E-state index is -3.98. The first-order valence-corrected chi connectivity index (χ1v) is 8.25. The first-order chi connectivity index (χ1) is 10.5. The Labute approximate surface area is 129 Å². The second kappa shape index (κ2) is 7.20. The molecule has 0 amide bonds. The molecule has 0 saturated heterocycles. The van der Waals surface area contributed by atoms with Crippen LogP contribution in [0.1, 0.15) is 11.1 Å². The van der Waals surface area contributed by atoms with Crippen LogP contribution in [0.4, 0.5) is 0 Å². The van der Waals surface area contributed by atoms with Crippen LogP contribution in [-0.2, 0) is 31.3 Å². The maximum absolute atomic E-state index is 12.0. The van der Waals surface area contributed by atoms with Gasteiger partial charge in [0, 0.05) is 6.42 Å². The second-order valence-corrected chi connectivity index (χ2v) is 6.40. The van der Waals surface area contributed by atoms with Crippen LogP contribution in [0.2, 0.25) is 0 Å². The van der Waals surface area contributed by atoms with Gasteiger partial charge in [-0.1, -0.05) is 60.7 Å². The zero-order chi connectivity index (χ0) is 16.0. The number of aliphatic carboxylic acids is 1. The Morgan fingerprint density at radius 3 is 1.95 bits per heavy atom. The number of carboxylic acid groups (broad SMARTS) is 1.